The van der Waals surface area contributed by atoms with Crippen LogP contribution in [0, 0.1) is 0 Å². The van der Waals surface area contributed by atoms with Gasteiger partial charge in [-0.25, -0.2) is 0 Å². The van der Waals surface area contributed by atoms with Crippen molar-refractivity contribution < 1.29 is 64.3 Å². The fraction of sp³-hybridized carbons (Fsp3) is 0.357. The molecule has 1 aromatic carbocycles. The molecular weight excluding hydrogens is 353 g/mol. The van der Waals surface area contributed by atoms with Gasteiger partial charge in [-0.3, -0.25) is 0 Å². The smallest absolute Gasteiger partial charge is 0.547 e. The molecule has 2 aromatic rings. The van der Waals surface area contributed by atoms with Crippen molar-refractivity contribution in [3.63, 3.8) is 0 Å². The molecule has 0 saturated carbocycles. The first kappa shape index (κ1) is 19.5. The normalized spacial score (nSPS) is 29.9. The molecule has 8 nitrogen and oxygen atoms in total. The summed E-state index contributed by atoms with van der Waals surface area (Å²) in [6.45, 7) is 0. The van der Waals surface area contributed by atoms with E-state index in [9.17, 15) is 25.2 Å². The Labute approximate surface area is 163 Å². The van der Waals surface area contributed by atoms with Crippen molar-refractivity contribution in [1.29, 1.82) is 0 Å². The topological polar surface area (TPSA) is 135 Å². The molecule has 0 aliphatic carbocycles. The molecule has 24 heavy (non-hydrogen) atoms. The van der Waals surface area contributed by atoms with Gasteiger partial charge in [-0.05, 0) is 18.2 Å². The van der Waals surface area contributed by atoms with Crippen molar-refractivity contribution in [2.75, 3.05) is 0 Å². The van der Waals surface area contributed by atoms with E-state index in [1.165, 1.54) is 6.20 Å². The Kier molecular flexibility index (Phi) is 6.16. The van der Waals surface area contributed by atoms with Gasteiger partial charge in [0.25, 0.3) is 0 Å². The number of aromatic amines is 1. The number of carbonyl (C=O) groups is 1. The predicted molar refractivity (Wildman–Crippen MR) is 75.6 cm³/mol. The number of carbonyl (C=O) groups excluding carboxylic acids is 1. The minimum atomic E-state index is -1.82. The number of H-pyrrole nitrogens is 1. The summed E-state index contributed by atoms with van der Waals surface area (Å²) in [5.74, 6) is -1.45. The Morgan fingerprint density at radius 2 is 1.96 bits per heavy atom. The zero-order chi connectivity index (χ0) is 16.7. The van der Waals surface area contributed by atoms with Crippen molar-refractivity contribution in [3.8, 4) is 5.75 Å². The number of carboxylic acid groups (broad SMARTS) is 1. The molecule has 5 atom stereocenters. The van der Waals surface area contributed by atoms with Gasteiger partial charge in [0.1, 0.15) is 30.2 Å². The zero-order valence-electron chi connectivity index (χ0n) is 12.5. The Morgan fingerprint density at radius 3 is 2.62 bits per heavy atom. The third kappa shape index (κ3) is 3.56. The first-order valence-electron chi connectivity index (χ1n) is 6.72. The van der Waals surface area contributed by atoms with Crippen LogP contribution < -0.4 is 39.4 Å². The summed E-state index contributed by atoms with van der Waals surface area (Å²) in [7, 11) is 0. The molecule has 124 valence electrons. The van der Waals surface area contributed by atoms with Gasteiger partial charge in [0, 0.05) is 16.6 Å². The predicted octanol–water partition coefficient (Wildman–Crippen LogP) is -4.24. The summed E-state index contributed by atoms with van der Waals surface area (Å²) >= 11 is 5.87. The van der Waals surface area contributed by atoms with Gasteiger partial charge in [-0.2, -0.15) is 0 Å². The second-order valence-corrected chi connectivity index (χ2v) is 5.61. The van der Waals surface area contributed by atoms with E-state index in [2.05, 4.69) is 4.98 Å². The van der Waals surface area contributed by atoms with Crippen LogP contribution in [0.2, 0.25) is 5.02 Å². The van der Waals surface area contributed by atoms with Crippen molar-refractivity contribution in [3.05, 3.63) is 29.4 Å². The fourth-order valence-electron chi connectivity index (χ4n) is 2.43. The number of rotatable bonds is 3. The summed E-state index contributed by atoms with van der Waals surface area (Å²) in [4.78, 5) is 13.8. The van der Waals surface area contributed by atoms with Gasteiger partial charge in [0.05, 0.1) is 11.5 Å². The van der Waals surface area contributed by atoms with Gasteiger partial charge in [-0.15, -0.1) is 0 Å². The van der Waals surface area contributed by atoms with Gasteiger partial charge in [0.15, 0.2) is 0 Å². The van der Waals surface area contributed by atoms with Crippen LogP contribution in [0.5, 0.6) is 5.75 Å². The molecule has 5 unspecified atom stereocenters. The van der Waals surface area contributed by atoms with Crippen LogP contribution in [0.25, 0.3) is 10.9 Å². The van der Waals surface area contributed by atoms with Crippen LogP contribution in [-0.2, 0) is 9.53 Å². The molecule has 0 bridgehead atoms. The Hall–Kier alpha value is -0.840. The van der Waals surface area contributed by atoms with Crippen LogP contribution in [0.3, 0.4) is 0 Å². The van der Waals surface area contributed by atoms with Crippen LogP contribution in [0.1, 0.15) is 0 Å². The van der Waals surface area contributed by atoms with Crippen LogP contribution in [0.4, 0.5) is 0 Å². The number of hydrogen-bond donors (Lipinski definition) is 4. The Balaban J connectivity index is 0.00000208. The molecule has 2 heterocycles. The maximum atomic E-state index is 10.9. The number of fused-ring (bicyclic) bond motifs is 1. The number of carboxylic acids is 1. The average Bonchev–Trinajstić information content (AvgIpc) is 2.89. The largest absolute Gasteiger partial charge is 1.00 e. The quantitative estimate of drug-likeness (QED) is 0.405. The molecule has 0 spiro atoms. The monoisotopic (exact) mass is 365 g/mol. The van der Waals surface area contributed by atoms with Crippen LogP contribution in [0.15, 0.2) is 24.4 Å². The van der Waals surface area contributed by atoms with E-state index >= 15 is 0 Å². The number of halogens is 1. The standard InChI is InChI=1S/C14H14ClNO7.Na/c15-5-1-2-6-7(3-5)16-4-8(6)22-14-11(19)9(17)10(18)12(23-14)13(20)21;/h1-4,9-12,14,16-19H,(H,20,21);/q;+1/p-1. The summed E-state index contributed by atoms with van der Waals surface area (Å²) < 4.78 is 10.5. The SMILES string of the molecule is O=C([O-])C1OC(Oc2c[nH]c3cc(Cl)ccc23)C(O)C(O)C1O.[Na+]. The van der Waals surface area contributed by atoms with E-state index in [-0.39, 0.29) is 35.3 Å². The van der Waals surface area contributed by atoms with Crippen LogP contribution in [-0.4, -0.2) is 57.0 Å². The number of aromatic nitrogens is 1. The number of aliphatic carboxylic acids is 1. The van der Waals surface area contributed by atoms with Crippen molar-refractivity contribution in [2.24, 2.45) is 0 Å². The third-order valence-corrected chi connectivity index (χ3v) is 3.89. The molecule has 1 aromatic heterocycles. The summed E-state index contributed by atoms with van der Waals surface area (Å²) in [6, 6.07) is 4.95. The molecule has 1 aliphatic heterocycles. The molecule has 0 amide bonds. The molecule has 10 heteroatoms. The number of hydrogen-bond acceptors (Lipinski definition) is 7. The van der Waals surface area contributed by atoms with E-state index in [0.29, 0.717) is 15.9 Å². The number of aliphatic hydroxyl groups excluding tert-OH is 3. The minimum Gasteiger partial charge on any atom is -0.547 e. The summed E-state index contributed by atoms with van der Waals surface area (Å²) in [6.07, 6.45) is -7.06. The molecule has 0 radical (unpaired) electrons. The van der Waals surface area contributed by atoms with Gasteiger partial charge >= 0.3 is 29.6 Å². The Bertz CT molecular complexity index is 739. The van der Waals surface area contributed by atoms with Gasteiger partial charge in [-0.1, -0.05) is 11.6 Å². The first-order chi connectivity index (χ1) is 10.9. The molecule has 3 rings (SSSR count). The number of ether oxygens (including phenoxy) is 2. The van der Waals surface area contributed by atoms with Crippen LogP contribution >= 0.6 is 11.6 Å². The first-order valence-corrected chi connectivity index (χ1v) is 7.10. The number of aliphatic hydroxyl groups is 3. The molecule has 1 saturated heterocycles. The van der Waals surface area contributed by atoms with Crippen molar-refractivity contribution in [2.45, 2.75) is 30.7 Å². The maximum absolute atomic E-state index is 10.9. The minimum absolute atomic E-state index is 0. The van der Waals surface area contributed by atoms with E-state index in [1.807, 2.05) is 0 Å². The summed E-state index contributed by atoms with van der Waals surface area (Å²) in [5.41, 5.74) is 0.662. The second kappa shape index (κ2) is 7.59. The van der Waals surface area contributed by atoms with E-state index in [4.69, 9.17) is 21.1 Å². The number of nitrogens with one attached hydrogen (secondary N) is 1. The third-order valence-electron chi connectivity index (χ3n) is 3.65. The van der Waals surface area contributed by atoms with Gasteiger partial charge in [0.2, 0.25) is 6.29 Å². The molecule has 1 aliphatic rings. The van der Waals surface area contributed by atoms with E-state index in [1.54, 1.807) is 18.2 Å². The molecular formula is C14H13ClNNaO7. The maximum Gasteiger partial charge on any atom is 1.00 e. The van der Waals surface area contributed by atoms with E-state index < -0.39 is 36.7 Å². The van der Waals surface area contributed by atoms with Crippen molar-refractivity contribution in [1.82, 2.24) is 4.98 Å². The summed E-state index contributed by atoms with van der Waals surface area (Å²) in [5, 5.41) is 41.3. The Morgan fingerprint density at radius 1 is 1.25 bits per heavy atom. The van der Waals surface area contributed by atoms with E-state index in [0.717, 1.165) is 0 Å². The fourth-order valence-corrected chi connectivity index (χ4v) is 2.61. The number of benzene rings is 1. The van der Waals surface area contributed by atoms with Gasteiger partial charge < -0.3 is 39.7 Å². The second-order valence-electron chi connectivity index (χ2n) is 5.18. The van der Waals surface area contributed by atoms with Crippen molar-refractivity contribution >= 4 is 28.5 Å². The average molecular weight is 366 g/mol. The zero-order valence-corrected chi connectivity index (χ0v) is 15.3. The molecule has 4 N–H and O–H groups in total. The molecule has 1 fully saturated rings.